The predicted molar refractivity (Wildman–Crippen MR) is 82.0 cm³/mol. The van der Waals surface area contributed by atoms with E-state index in [-0.39, 0.29) is 5.97 Å². The highest BCUT2D eigenvalue weighted by atomic mass is 16.5. The van der Waals surface area contributed by atoms with Crippen molar-refractivity contribution in [2.75, 3.05) is 30.3 Å². The minimum Gasteiger partial charge on any atom is -0.462 e. The van der Waals surface area contributed by atoms with Crippen LogP contribution in [0.2, 0.25) is 0 Å². The smallest absolute Gasteiger partial charge is 0.340 e. The van der Waals surface area contributed by atoms with E-state index in [2.05, 4.69) is 18.7 Å². The second-order valence-electron chi connectivity index (χ2n) is 6.11. The van der Waals surface area contributed by atoms with Crippen LogP contribution in [0.5, 0.6) is 0 Å². The third kappa shape index (κ3) is 3.06. The van der Waals surface area contributed by atoms with Gasteiger partial charge in [0.1, 0.15) is 0 Å². The zero-order valence-electron chi connectivity index (χ0n) is 12.6. The standard InChI is InChI=1S/C16H24N2O2/c1-4-20-15(19)12-6-5-7-13(14(12)17)18-10-8-16(2,3)9-11-18/h5-7H,4,8-11,17H2,1-3H3. The number of hydrogen-bond donors (Lipinski definition) is 1. The molecule has 1 saturated heterocycles. The summed E-state index contributed by atoms with van der Waals surface area (Å²) in [6.45, 7) is 8.70. The van der Waals surface area contributed by atoms with Gasteiger partial charge in [0.2, 0.25) is 0 Å². The van der Waals surface area contributed by atoms with E-state index in [9.17, 15) is 4.79 Å². The molecule has 1 aliphatic rings. The minimum absolute atomic E-state index is 0.343. The number of carbonyl (C=O) groups is 1. The Morgan fingerprint density at radius 1 is 1.35 bits per heavy atom. The Morgan fingerprint density at radius 2 is 2.00 bits per heavy atom. The lowest BCUT2D eigenvalue weighted by Crippen LogP contribution is -2.37. The van der Waals surface area contributed by atoms with Crippen LogP contribution in [-0.2, 0) is 4.74 Å². The highest BCUT2D eigenvalue weighted by Crippen LogP contribution is 2.35. The summed E-state index contributed by atoms with van der Waals surface area (Å²) >= 11 is 0. The number of piperidine rings is 1. The molecule has 0 amide bonds. The van der Waals surface area contributed by atoms with E-state index in [4.69, 9.17) is 10.5 Å². The average molecular weight is 276 g/mol. The molecule has 0 atom stereocenters. The van der Waals surface area contributed by atoms with Crippen molar-refractivity contribution >= 4 is 17.3 Å². The number of carbonyl (C=O) groups excluding carboxylic acids is 1. The molecule has 2 rings (SSSR count). The molecule has 1 heterocycles. The first-order valence-corrected chi connectivity index (χ1v) is 7.25. The number of anilines is 2. The van der Waals surface area contributed by atoms with Crippen molar-refractivity contribution in [2.24, 2.45) is 5.41 Å². The first-order chi connectivity index (χ1) is 9.44. The van der Waals surface area contributed by atoms with Crippen LogP contribution in [0.1, 0.15) is 44.0 Å². The Morgan fingerprint density at radius 3 is 2.60 bits per heavy atom. The van der Waals surface area contributed by atoms with E-state index in [1.807, 2.05) is 12.1 Å². The molecule has 1 aromatic carbocycles. The van der Waals surface area contributed by atoms with Crippen molar-refractivity contribution in [3.63, 3.8) is 0 Å². The summed E-state index contributed by atoms with van der Waals surface area (Å²) in [6, 6.07) is 5.58. The molecular formula is C16H24N2O2. The van der Waals surface area contributed by atoms with Gasteiger partial charge in [0.25, 0.3) is 0 Å². The van der Waals surface area contributed by atoms with E-state index >= 15 is 0 Å². The molecule has 0 bridgehead atoms. The third-order valence-corrected chi connectivity index (χ3v) is 4.04. The Kier molecular flexibility index (Phi) is 4.21. The zero-order valence-corrected chi connectivity index (χ0v) is 12.6. The van der Waals surface area contributed by atoms with Crippen molar-refractivity contribution in [1.29, 1.82) is 0 Å². The lowest BCUT2D eigenvalue weighted by molar-refractivity contribution is 0.0527. The number of ether oxygens (including phenoxy) is 1. The van der Waals surface area contributed by atoms with Gasteiger partial charge in [0.15, 0.2) is 0 Å². The highest BCUT2D eigenvalue weighted by molar-refractivity contribution is 5.98. The van der Waals surface area contributed by atoms with E-state index < -0.39 is 0 Å². The number of hydrogen-bond acceptors (Lipinski definition) is 4. The Hall–Kier alpha value is -1.71. The molecule has 0 unspecified atom stereocenters. The van der Waals surface area contributed by atoms with Gasteiger partial charge in [-0.3, -0.25) is 0 Å². The summed E-state index contributed by atoms with van der Waals surface area (Å²) in [5.74, 6) is -0.343. The van der Waals surface area contributed by atoms with Crippen molar-refractivity contribution in [3.05, 3.63) is 23.8 Å². The molecule has 0 aromatic heterocycles. The summed E-state index contributed by atoms with van der Waals surface area (Å²) < 4.78 is 5.05. The number of nitrogens with two attached hydrogens (primary N) is 1. The van der Waals surface area contributed by atoms with Gasteiger partial charge >= 0.3 is 5.97 Å². The fraction of sp³-hybridized carbons (Fsp3) is 0.562. The average Bonchev–Trinajstić information content (AvgIpc) is 2.40. The fourth-order valence-corrected chi connectivity index (χ4v) is 2.57. The fourth-order valence-electron chi connectivity index (χ4n) is 2.57. The van der Waals surface area contributed by atoms with Gasteiger partial charge < -0.3 is 15.4 Å². The number of benzene rings is 1. The van der Waals surface area contributed by atoms with Gasteiger partial charge in [0, 0.05) is 13.1 Å². The van der Waals surface area contributed by atoms with Crippen LogP contribution < -0.4 is 10.6 Å². The van der Waals surface area contributed by atoms with Gasteiger partial charge in [0.05, 0.1) is 23.5 Å². The van der Waals surface area contributed by atoms with Gasteiger partial charge in [-0.25, -0.2) is 4.79 Å². The first kappa shape index (κ1) is 14.7. The number of nitrogen functional groups attached to an aromatic ring is 1. The molecule has 4 heteroatoms. The van der Waals surface area contributed by atoms with Crippen LogP contribution in [0.4, 0.5) is 11.4 Å². The zero-order chi connectivity index (χ0) is 14.8. The van der Waals surface area contributed by atoms with E-state index in [0.29, 0.717) is 23.3 Å². The quantitative estimate of drug-likeness (QED) is 0.681. The normalized spacial score (nSPS) is 17.9. The van der Waals surface area contributed by atoms with Gasteiger partial charge in [-0.2, -0.15) is 0 Å². The van der Waals surface area contributed by atoms with Crippen molar-refractivity contribution in [1.82, 2.24) is 0 Å². The van der Waals surface area contributed by atoms with Crippen LogP contribution in [0.25, 0.3) is 0 Å². The number of rotatable bonds is 3. The molecule has 1 aliphatic heterocycles. The maximum atomic E-state index is 11.9. The third-order valence-electron chi connectivity index (χ3n) is 4.04. The molecule has 110 valence electrons. The number of esters is 1. The molecule has 1 fully saturated rings. The molecule has 0 saturated carbocycles. The Bertz CT molecular complexity index is 487. The molecule has 0 aliphatic carbocycles. The maximum Gasteiger partial charge on any atom is 0.340 e. The second kappa shape index (κ2) is 5.73. The minimum atomic E-state index is -0.343. The Labute approximate surface area is 120 Å². The highest BCUT2D eigenvalue weighted by Gasteiger charge is 2.27. The Balaban J connectivity index is 2.21. The van der Waals surface area contributed by atoms with Crippen LogP contribution >= 0.6 is 0 Å². The SMILES string of the molecule is CCOC(=O)c1cccc(N2CCC(C)(C)CC2)c1N. The van der Waals surface area contributed by atoms with Crippen LogP contribution in [0, 0.1) is 5.41 Å². The first-order valence-electron chi connectivity index (χ1n) is 7.25. The number of para-hydroxylation sites is 1. The molecular weight excluding hydrogens is 252 g/mol. The van der Waals surface area contributed by atoms with Crippen molar-refractivity contribution in [2.45, 2.75) is 33.6 Å². The predicted octanol–water partition coefficient (Wildman–Crippen LogP) is 3.07. The van der Waals surface area contributed by atoms with Gasteiger partial charge in [-0.1, -0.05) is 19.9 Å². The lowest BCUT2D eigenvalue weighted by atomic mass is 9.82. The monoisotopic (exact) mass is 276 g/mol. The summed E-state index contributed by atoms with van der Waals surface area (Å²) in [5.41, 5.74) is 8.51. The maximum absolute atomic E-state index is 11.9. The van der Waals surface area contributed by atoms with Crippen LogP contribution in [-0.4, -0.2) is 25.7 Å². The lowest BCUT2D eigenvalue weighted by Gasteiger charge is -2.38. The molecule has 2 N–H and O–H groups in total. The second-order valence-corrected chi connectivity index (χ2v) is 6.11. The van der Waals surface area contributed by atoms with Crippen LogP contribution in [0.3, 0.4) is 0 Å². The molecule has 1 aromatic rings. The summed E-state index contributed by atoms with van der Waals surface area (Å²) in [7, 11) is 0. The largest absolute Gasteiger partial charge is 0.462 e. The topological polar surface area (TPSA) is 55.6 Å². The summed E-state index contributed by atoms with van der Waals surface area (Å²) in [5, 5.41) is 0. The van der Waals surface area contributed by atoms with E-state index in [1.165, 1.54) is 0 Å². The van der Waals surface area contributed by atoms with Crippen molar-refractivity contribution < 1.29 is 9.53 Å². The molecule has 0 spiro atoms. The summed E-state index contributed by atoms with van der Waals surface area (Å²) in [4.78, 5) is 14.2. The van der Waals surface area contributed by atoms with Crippen LogP contribution in [0.15, 0.2) is 18.2 Å². The molecule has 4 nitrogen and oxygen atoms in total. The van der Waals surface area contributed by atoms with Gasteiger partial charge in [-0.15, -0.1) is 0 Å². The van der Waals surface area contributed by atoms with Crippen molar-refractivity contribution in [3.8, 4) is 0 Å². The number of nitrogens with zero attached hydrogens (tertiary/aromatic N) is 1. The summed E-state index contributed by atoms with van der Waals surface area (Å²) in [6.07, 6.45) is 2.27. The van der Waals surface area contributed by atoms with E-state index in [0.717, 1.165) is 31.6 Å². The van der Waals surface area contributed by atoms with Gasteiger partial charge in [-0.05, 0) is 37.3 Å². The molecule has 0 radical (unpaired) electrons. The molecule has 20 heavy (non-hydrogen) atoms. The van der Waals surface area contributed by atoms with E-state index in [1.54, 1.807) is 13.0 Å².